The minimum Gasteiger partial charge on any atom is -0.346 e. The van der Waals surface area contributed by atoms with Crippen LogP contribution in [0.25, 0.3) is 0 Å². The summed E-state index contributed by atoms with van der Waals surface area (Å²) in [6, 6.07) is 4.01. The summed E-state index contributed by atoms with van der Waals surface area (Å²) >= 11 is 0. The third-order valence-corrected chi connectivity index (χ3v) is 3.29. The maximum absolute atomic E-state index is 12.0. The van der Waals surface area contributed by atoms with Gasteiger partial charge in [0.25, 0.3) is 5.91 Å². The van der Waals surface area contributed by atoms with Crippen molar-refractivity contribution in [3.8, 4) is 0 Å². The number of amides is 1. The van der Waals surface area contributed by atoms with Gasteiger partial charge in [0.1, 0.15) is 5.69 Å². The molecule has 4 heteroatoms. The van der Waals surface area contributed by atoms with E-state index in [0.29, 0.717) is 0 Å². The minimum atomic E-state index is -0.00537. The second-order valence-corrected chi connectivity index (χ2v) is 4.35. The molecule has 1 fully saturated rings. The topological polar surface area (TPSA) is 60.0 Å². The van der Waals surface area contributed by atoms with Crippen LogP contribution in [-0.4, -0.2) is 22.6 Å². The summed E-state index contributed by atoms with van der Waals surface area (Å²) in [6.07, 6.45) is 5.05. The lowest BCUT2D eigenvalue weighted by molar-refractivity contribution is 0.0925. The number of aryl methyl sites for hydroxylation is 1. The fourth-order valence-electron chi connectivity index (χ4n) is 2.31. The molecule has 1 amide bonds. The molecular formula is C12H19N3O. The fourth-order valence-corrected chi connectivity index (χ4v) is 2.31. The number of carbonyl (C=O) groups excluding carboxylic acids is 1. The third kappa shape index (κ3) is 2.11. The van der Waals surface area contributed by atoms with Crippen molar-refractivity contribution in [1.29, 1.82) is 0 Å². The van der Waals surface area contributed by atoms with Crippen molar-refractivity contribution in [2.24, 2.45) is 5.73 Å². The largest absolute Gasteiger partial charge is 0.346 e. The van der Waals surface area contributed by atoms with Crippen molar-refractivity contribution < 1.29 is 4.79 Å². The molecule has 0 bridgehead atoms. The predicted octanol–water partition coefficient (Wildman–Crippen LogP) is 1.12. The Kier molecular flexibility index (Phi) is 3.29. The first-order valence-electron chi connectivity index (χ1n) is 5.94. The molecule has 3 N–H and O–H groups in total. The average molecular weight is 221 g/mol. The molecule has 0 aliphatic heterocycles. The molecule has 88 valence electrons. The SMILES string of the molecule is CCn1cccc1C(=O)NC1CCCC1N. The van der Waals surface area contributed by atoms with Crippen molar-refractivity contribution in [3.05, 3.63) is 24.0 Å². The van der Waals surface area contributed by atoms with E-state index in [1.807, 2.05) is 29.8 Å². The monoisotopic (exact) mass is 221 g/mol. The van der Waals surface area contributed by atoms with E-state index in [9.17, 15) is 4.79 Å². The van der Waals surface area contributed by atoms with Crippen LogP contribution in [-0.2, 0) is 6.54 Å². The van der Waals surface area contributed by atoms with Gasteiger partial charge in [-0.15, -0.1) is 0 Å². The number of nitrogens with one attached hydrogen (secondary N) is 1. The highest BCUT2D eigenvalue weighted by Gasteiger charge is 2.26. The van der Waals surface area contributed by atoms with Crippen LogP contribution in [0.2, 0.25) is 0 Å². The zero-order chi connectivity index (χ0) is 11.5. The third-order valence-electron chi connectivity index (χ3n) is 3.29. The molecule has 1 aliphatic rings. The normalized spacial score (nSPS) is 24.6. The van der Waals surface area contributed by atoms with Gasteiger partial charge in [-0.1, -0.05) is 0 Å². The van der Waals surface area contributed by atoms with E-state index in [4.69, 9.17) is 5.73 Å². The maximum Gasteiger partial charge on any atom is 0.268 e. The van der Waals surface area contributed by atoms with Crippen LogP contribution in [0.3, 0.4) is 0 Å². The number of carbonyl (C=O) groups is 1. The van der Waals surface area contributed by atoms with E-state index in [-0.39, 0.29) is 18.0 Å². The molecule has 2 rings (SSSR count). The smallest absolute Gasteiger partial charge is 0.268 e. The summed E-state index contributed by atoms with van der Waals surface area (Å²) in [5, 5.41) is 3.02. The van der Waals surface area contributed by atoms with Crippen LogP contribution in [0.5, 0.6) is 0 Å². The fraction of sp³-hybridized carbons (Fsp3) is 0.583. The molecule has 4 nitrogen and oxygen atoms in total. The van der Waals surface area contributed by atoms with Crippen molar-refractivity contribution in [2.75, 3.05) is 0 Å². The van der Waals surface area contributed by atoms with Gasteiger partial charge in [-0.05, 0) is 38.3 Å². The van der Waals surface area contributed by atoms with E-state index in [1.165, 1.54) is 0 Å². The van der Waals surface area contributed by atoms with E-state index in [1.54, 1.807) is 0 Å². The number of nitrogens with zero attached hydrogens (tertiary/aromatic N) is 1. The second kappa shape index (κ2) is 4.70. The van der Waals surface area contributed by atoms with E-state index >= 15 is 0 Å². The van der Waals surface area contributed by atoms with Crippen LogP contribution in [0.4, 0.5) is 0 Å². The van der Waals surface area contributed by atoms with Crippen LogP contribution in [0.15, 0.2) is 18.3 Å². The van der Waals surface area contributed by atoms with E-state index in [2.05, 4.69) is 5.32 Å². The van der Waals surface area contributed by atoms with Crippen LogP contribution in [0, 0.1) is 0 Å². The first-order chi connectivity index (χ1) is 7.72. The molecule has 1 aromatic heterocycles. The highest BCUT2D eigenvalue weighted by Crippen LogP contribution is 2.17. The minimum absolute atomic E-state index is 0.00537. The summed E-state index contributed by atoms with van der Waals surface area (Å²) < 4.78 is 1.94. The standard InChI is InChI=1S/C12H19N3O/c1-2-15-8-4-7-11(15)12(16)14-10-6-3-5-9(10)13/h4,7-10H,2-3,5-6,13H2,1H3,(H,14,16). The Bertz CT molecular complexity index is 372. The van der Waals surface area contributed by atoms with E-state index in [0.717, 1.165) is 31.5 Å². The van der Waals surface area contributed by atoms with Crippen molar-refractivity contribution in [3.63, 3.8) is 0 Å². The molecule has 0 radical (unpaired) electrons. The molecule has 1 heterocycles. The number of rotatable bonds is 3. The van der Waals surface area contributed by atoms with Crippen molar-refractivity contribution in [1.82, 2.24) is 9.88 Å². The van der Waals surface area contributed by atoms with Crippen molar-refractivity contribution in [2.45, 2.75) is 44.8 Å². The van der Waals surface area contributed by atoms with Gasteiger partial charge in [-0.2, -0.15) is 0 Å². The van der Waals surface area contributed by atoms with Gasteiger partial charge < -0.3 is 15.6 Å². The number of aromatic nitrogens is 1. The van der Waals surface area contributed by atoms with Gasteiger partial charge in [0.05, 0.1) is 0 Å². The molecule has 1 aromatic rings. The lowest BCUT2D eigenvalue weighted by Crippen LogP contribution is -2.44. The molecule has 1 saturated carbocycles. The summed E-state index contributed by atoms with van der Waals surface area (Å²) in [4.78, 5) is 12.0. The summed E-state index contributed by atoms with van der Waals surface area (Å²) in [7, 11) is 0. The van der Waals surface area contributed by atoms with E-state index < -0.39 is 0 Å². The zero-order valence-electron chi connectivity index (χ0n) is 9.65. The van der Waals surface area contributed by atoms with Crippen LogP contribution >= 0.6 is 0 Å². The Labute approximate surface area is 95.8 Å². The molecule has 0 aromatic carbocycles. The Balaban J connectivity index is 2.02. The maximum atomic E-state index is 12.0. The Morgan fingerprint density at radius 1 is 1.62 bits per heavy atom. The summed E-state index contributed by atoms with van der Waals surface area (Å²) in [5.41, 5.74) is 6.65. The lowest BCUT2D eigenvalue weighted by atomic mass is 10.2. The molecule has 1 aliphatic carbocycles. The molecule has 0 saturated heterocycles. The Morgan fingerprint density at radius 3 is 3.06 bits per heavy atom. The average Bonchev–Trinajstić information content (AvgIpc) is 2.87. The number of hydrogen-bond acceptors (Lipinski definition) is 2. The van der Waals surface area contributed by atoms with Crippen LogP contribution < -0.4 is 11.1 Å². The number of nitrogens with two attached hydrogens (primary N) is 1. The Morgan fingerprint density at radius 2 is 2.44 bits per heavy atom. The first kappa shape index (κ1) is 11.2. The second-order valence-electron chi connectivity index (χ2n) is 4.35. The molecule has 2 atom stereocenters. The first-order valence-corrected chi connectivity index (χ1v) is 5.94. The molecule has 16 heavy (non-hydrogen) atoms. The van der Waals surface area contributed by atoms with Gasteiger partial charge in [0.2, 0.25) is 0 Å². The van der Waals surface area contributed by atoms with Gasteiger partial charge in [0, 0.05) is 24.8 Å². The van der Waals surface area contributed by atoms with Gasteiger partial charge in [0.15, 0.2) is 0 Å². The summed E-state index contributed by atoms with van der Waals surface area (Å²) in [6.45, 7) is 2.84. The van der Waals surface area contributed by atoms with Gasteiger partial charge >= 0.3 is 0 Å². The van der Waals surface area contributed by atoms with Crippen molar-refractivity contribution >= 4 is 5.91 Å². The highest BCUT2D eigenvalue weighted by molar-refractivity contribution is 5.93. The molecular weight excluding hydrogens is 202 g/mol. The van der Waals surface area contributed by atoms with Crippen LogP contribution in [0.1, 0.15) is 36.7 Å². The van der Waals surface area contributed by atoms with Gasteiger partial charge in [-0.25, -0.2) is 0 Å². The number of hydrogen-bond donors (Lipinski definition) is 2. The zero-order valence-corrected chi connectivity index (χ0v) is 9.65. The van der Waals surface area contributed by atoms with Gasteiger partial charge in [-0.3, -0.25) is 4.79 Å². The highest BCUT2D eigenvalue weighted by atomic mass is 16.2. The molecule has 0 spiro atoms. The predicted molar refractivity (Wildman–Crippen MR) is 63.2 cm³/mol. The Hall–Kier alpha value is -1.29. The quantitative estimate of drug-likeness (QED) is 0.803. The lowest BCUT2D eigenvalue weighted by Gasteiger charge is -2.17. The summed E-state index contributed by atoms with van der Waals surface area (Å²) in [5.74, 6) is -0.00537. The molecule has 2 unspecified atom stereocenters.